The molecule has 1 amide bonds. The quantitative estimate of drug-likeness (QED) is 0.424. The minimum Gasteiger partial charge on any atom is -0.490 e. The van der Waals surface area contributed by atoms with E-state index in [1.54, 1.807) is 0 Å². The van der Waals surface area contributed by atoms with E-state index in [0.717, 1.165) is 46.5 Å². The number of nitrogen functional groups attached to an aromatic ring is 1. The first-order valence-electron chi connectivity index (χ1n) is 10.9. The molecule has 2 aromatic heterocycles. The molecule has 0 bridgehead atoms. The number of anilines is 1. The Morgan fingerprint density at radius 3 is 2.55 bits per heavy atom. The third-order valence-electron chi connectivity index (χ3n) is 5.85. The number of amides is 1. The normalized spacial score (nSPS) is 13.5. The second kappa shape index (κ2) is 8.74. The summed E-state index contributed by atoms with van der Waals surface area (Å²) in [5.41, 5.74) is 11.3. The fourth-order valence-electron chi connectivity index (χ4n) is 3.82. The predicted octanol–water partition coefficient (Wildman–Crippen LogP) is 3.77. The number of nitrogens with two attached hydrogens (primary N) is 1. The number of carbonyl (C=O) groups excluding carboxylic acids is 1. The number of carbonyl (C=O) groups is 1. The highest BCUT2D eigenvalue weighted by atomic mass is 16.5. The van der Waals surface area contributed by atoms with Gasteiger partial charge in [-0.1, -0.05) is 43.0 Å². The summed E-state index contributed by atoms with van der Waals surface area (Å²) >= 11 is 0. The van der Waals surface area contributed by atoms with E-state index in [1.165, 1.54) is 23.5 Å². The van der Waals surface area contributed by atoms with Gasteiger partial charge >= 0.3 is 0 Å². The molecule has 8 nitrogen and oxygen atoms in total. The Hall–Kier alpha value is -4.20. The van der Waals surface area contributed by atoms with Crippen LogP contribution in [0.2, 0.25) is 0 Å². The van der Waals surface area contributed by atoms with Crippen LogP contribution in [0.1, 0.15) is 24.8 Å². The summed E-state index contributed by atoms with van der Waals surface area (Å²) in [6.07, 6.45) is 6.42. The molecule has 33 heavy (non-hydrogen) atoms. The minimum absolute atomic E-state index is 0.208. The standard InChI is InChI=1S/C25H24N6O2/c1-2-21(32)27-14-16-6-8-18(9-7-16)23-22(24-25(26)28-15-29-31(24)30-23)17-10-12-20(13-11-17)33-19-4-3-5-19/h2,6-13,15,19H,1,3-5,14H2,(H,27,32)(H2,26,28,29). The van der Waals surface area contributed by atoms with Crippen molar-refractivity contribution in [2.75, 3.05) is 5.73 Å². The highest BCUT2D eigenvalue weighted by Gasteiger charge is 2.21. The maximum atomic E-state index is 11.4. The third-order valence-corrected chi connectivity index (χ3v) is 5.85. The van der Waals surface area contributed by atoms with E-state index in [0.29, 0.717) is 24.0 Å². The molecule has 166 valence electrons. The lowest BCUT2D eigenvalue weighted by atomic mass is 9.96. The Kier molecular flexibility index (Phi) is 5.48. The average Bonchev–Trinajstić information content (AvgIpc) is 3.21. The maximum Gasteiger partial charge on any atom is 0.243 e. The molecule has 5 rings (SSSR count). The van der Waals surface area contributed by atoms with E-state index < -0.39 is 0 Å². The van der Waals surface area contributed by atoms with Gasteiger partial charge in [0.1, 0.15) is 23.3 Å². The number of nitrogens with zero attached hydrogens (tertiary/aromatic N) is 4. The van der Waals surface area contributed by atoms with Crippen molar-refractivity contribution in [2.24, 2.45) is 0 Å². The van der Waals surface area contributed by atoms with Crippen molar-refractivity contribution in [1.82, 2.24) is 25.1 Å². The molecule has 1 saturated carbocycles. The summed E-state index contributed by atoms with van der Waals surface area (Å²) in [5, 5.41) is 11.7. The summed E-state index contributed by atoms with van der Waals surface area (Å²) < 4.78 is 7.52. The largest absolute Gasteiger partial charge is 0.490 e. The number of ether oxygens (including phenoxy) is 1. The van der Waals surface area contributed by atoms with Gasteiger partial charge < -0.3 is 15.8 Å². The average molecular weight is 441 g/mol. The molecular formula is C25H24N6O2. The molecule has 0 radical (unpaired) electrons. The number of aromatic nitrogens is 4. The number of benzene rings is 2. The summed E-state index contributed by atoms with van der Waals surface area (Å²) in [6, 6.07) is 15.8. The van der Waals surface area contributed by atoms with E-state index in [9.17, 15) is 4.79 Å². The van der Waals surface area contributed by atoms with Crippen LogP contribution in [0, 0.1) is 0 Å². The number of fused-ring (bicyclic) bond motifs is 1. The molecule has 2 heterocycles. The van der Waals surface area contributed by atoms with Crippen LogP contribution in [0.3, 0.4) is 0 Å². The van der Waals surface area contributed by atoms with E-state index in [1.807, 2.05) is 48.5 Å². The lowest BCUT2D eigenvalue weighted by Gasteiger charge is -2.26. The van der Waals surface area contributed by atoms with Gasteiger partial charge in [-0.3, -0.25) is 4.79 Å². The molecule has 1 fully saturated rings. The summed E-state index contributed by atoms with van der Waals surface area (Å²) in [4.78, 5) is 15.6. The third kappa shape index (κ3) is 4.15. The van der Waals surface area contributed by atoms with Crippen LogP contribution in [0.15, 0.2) is 67.5 Å². The molecule has 4 aromatic rings. The van der Waals surface area contributed by atoms with Crippen LogP contribution in [-0.4, -0.2) is 31.8 Å². The Balaban J connectivity index is 1.51. The topological polar surface area (TPSA) is 107 Å². The number of hydrogen-bond donors (Lipinski definition) is 2. The summed E-state index contributed by atoms with van der Waals surface area (Å²) in [7, 11) is 0. The van der Waals surface area contributed by atoms with Crippen molar-refractivity contribution in [2.45, 2.75) is 31.9 Å². The first-order valence-corrected chi connectivity index (χ1v) is 10.9. The molecule has 2 aromatic carbocycles. The van der Waals surface area contributed by atoms with Crippen molar-refractivity contribution >= 4 is 17.2 Å². The molecule has 0 unspecified atom stereocenters. The molecule has 0 atom stereocenters. The lowest BCUT2D eigenvalue weighted by molar-refractivity contribution is -0.116. The van der Waals surface area contributed by atoms with Gasteiger partial charge in [-0.25, -0.2) is 4.98 Å². The zero-order valence-electron chi connectivity index (χ0n) is 18.1. The molecule has 0 aliphatic heterocycles. The van der Waals surface area contributed by atoms with Crippen LogP contribution >= 0.6 is 0 Å². The molecule has 0 saturated heterocycles. The summed E-state index contributed by atoms with van der Waals surface area (Å²) in [6.45, 7) is 3.89. The Morgan fingerprint density at radius 2 is 1.88 bits per heavy atom. The van der Waals surface area contributed by atoms with Gasteiger partial charge in [0.15, 0.2) is 5.82 Å². The van der Waals surface area contributed by atoms with E-state index >= 15 is 0 Å². The minimum atomic E-state index is -0.208. The van der Waals surface area contributed by atoms with Gasteiger partial charge in [0.05, 0.1) is 6.10 Å². The van der Waals surface area contributed by atoms with Crippen molar-refractivity contribution in [1.29, 1.82) is 0 Å². The molecule has 3 N–H and O–H groups in total. The smallest absolute Gasteiger partial charge is 0.243 e. The SMILES string of the molecule is C=CC(=O)NCc1ccc(-c2nn3ncnc(N)c3c2-c2ccc(OC3CCC3)cc2)cc1. The molecular weight excluding hydrogens is 416 g/mol. The first-order chi connectivity index (χ1) is 16.1. The highest BCUT2D eigenvalue weighted by molar-refractivity contribution is 5.96. The van der Waals surface area contributed by atoms with Crippen LogP contribution in [0.5, 0.6) is 5.75 Å². The molecule has 1 aliphatic rings. The van der Waals surface area contributed by atoms with E-state index in [4.69, 9.17) is 15.6 Å². The second-order valence-electron chi connectivity index (χ2n) is 8.02. The number of hydrogen-bond acceptors (Lipinski definition) is 6. The second-order valence-corrected chi connectivity index (χ2v) is 8.02. The van der Waals surface area contributed by atoms with Gasteiger partial charge in [0.25, 0.3) is 0 Å². The maximum absolute atomic E-state index is 11.4. The van der Waals surface area contributed by atoms with Crippen LogP contribution in [0.25, 0.3) is 27.9 Å². The van der Waals surface area contributed by atoms with Crippen molar-refractivity contribution in [3.63, 3.8) is 0 Å². The zero-order valence-corrected chi connectivity index (χ0v) is 18.1. The molecule has 8 heteroatoms. The van der Waals surface area contributed by atoms with Crippen LogP contribution in [0.4, 0.5) is 5.82 Å². The fraction of sp³-hybridized carbons (Fsp3) is 0.200. The fourth-order valence-corrected chi connectivity index (χ4v) is 3.82. The Morgan fingerprint density at radius 1 is 1.15 bits per heavy atom. The van der Waals surface area contributed by atoms with Gasteiger partial charge in [0.2, 0.25) is 5.91 Å². The van der Waals surface area contributed by atoms with Crippen molar-refractivity contribution in [3.8, 4) is 28.1 Å². The Bertz CT molecular complexity index is 1310. The van der Waals surface area contributed by atoms with Gasteiger partial charge in [-0.2, -0.15) is 0 Å². The number of nitrogens with one attached hydrogen (secondary N) is 1. The van der Waals surface area contributed by atoms with E-state index in [-0.39, 0.29) is 5.91 Å². The predicted molar refractivity (Wildman–Crippen MR) is 126 cm³/mol. The van der Waals surface area contributed by atoms with Crippen molar-refractivity contribution in [3.05, 3.63) is 73.1 Å². The van der Waals surface area contributed by atoms with Gasteiger partial charge in [0, 0.05) is 17.7 Å². The van der Waals surface area contributed by atoms with E-state index in [2.05, 4.69) is 22.0 Å². The lowest BCUT2D eigenvalue weighted by Crippen LogP contribution is -2.24. The van der Waals surface area contributed by atoms with Crippen LogP contribution in [-0.2, 0) is 11.3 Å². The van der Waals surface area contributed by atoms with Crippen molar-refractivity contribution < 1.29 is 9.53 Å². The zero-order chi connectivity index (χ0) is 22.8. The van der Waals surface area contributed by atoms with Crippen LogP contribution < -0.4 is 15.8 Å². The summed E-state index contributed by atoms with van der Waals surface area (Å²) in [5.74, 6) is 1.01. The Labute approximate surface area is 191 Å². The molecule has 0 spiro atoms. The van der Waals surface area contributed by atoms with Gasteiger partial charge in [-0.15, -0.1) is 14.8 Å². The molecule has 1 aliphatic carbocycles. The first kappa shape index (κ1) is 20.7. The number of rotatable bonds is 7. The van der Waals surface area contributed by atoms with Gasteiger partial charge in [-0.05, 0) is 48.6 Å². The highest BCUT2D eigenvalue weighted by Crippen LogP contribution is 2.37. The monoisotopic (exact) mass is 440 g/mol.